The molecule has 1 aliphatic heterocycles. The predicted molar refractivity (Wildman–Crippen MR) is 93.6 cm³/mol. The van der Waals surface area contributed by atoms with E-state index >= 15 is 0 Å². The van der Waals surface area contributed by atoms with Crippen LogP contribution in [-0.4, -0.2) is 36.5 Å². The second-order valence-electron chi connectivity index (χ2n) is 5.49. The lowest BCUT2D eigenvalue weighted by atomic mass is 10.1. The normalized spacial score (nSPS) is 17.3. The van der Waals surface area contributed by atoms with Crippen molar-refractivity contribution in [2.45, 2.75) is 13.0 Å². The van der Waals surface area contributed by atoms with Crippen LogP contribution >= 0.6 is 12.4 Å². The monoisotopic (exact) mass is 332 g/mol. The van der Waals surface area contributed by atoms with Gasteiger partial charge < -0.3 is 15.0 Å². The second-order valence-corrected chi connectivity index (χ2v) is 5.49. The summed E-state index contributed by atoms with van der Waals surface area (Å²) in [6, 6.07) is 17.2. The molecule has 0 spiro atoms. The van der Waals surface area contributed by atoms with E-state index in [1.807, 2.05) is 59.5 Å². The summed E-state index contributed by atoms with van der Waals surface area (Å²) in [7, 11) is 0. The van der Waals surface area contributed by atoms with E-state index in [2.05, 4.69) is 12.2 Å². The SMILES string of the molecule is C[C@H]1CNCCN1C(=O)c1ccc(Oc2ccccc2)cc1.Cl. The van der Waals surface area contributed by atoms with Gasteiger partial charge in [0.1, 0.15) is 11.5 Å². The predicted octanol–water partition coefficient (Wildman–Crippen LogP) is 3.33. The Morgan fingerprint density at radius 3 is 2.39 bits per heavy atom. The molecule has 23 heavy (non-hydrogen) atoms. The summed E-state index contributed by atoms with van der Waals surface area (Å²) >= 11 is 0. The summed E-state index contributed by atoms with van der Waals surface area (Å²) in [5.41, 5.74) is 0.703. The number of halogens is 1. The first-order valence-electron chi connectivity index (χ1n) is 7.59. The van der Waals surface area contributed by atoms with Gasteiger partial charge in [-0.1, -0.05) is 18.2 Å². The largest absolute Gasteiger partial charge is 0.457 e. The molecule has 2 aromatic carbocycles. The molecule has 1 atom stereocenters. The van der Waals surface area contributed by atoms with Gasteiger partial charge in [-0.05, 0) is 43.3 Å². The highest BCUT2D eigenvalue weighted by Crippen LogP contribution is 2.22. The zero-order valence-corrected chi connectivity index (χ0v) is 13.9. The minimum absolute atomic E-state index is 0. The van der Waals surface area contributed by atoms with Crippen LogP contribution in [0.15, 0.2) is 54.6 Å². The maximum atomic E-state index is 12.5. The molecule has 3 rings (SSSR count). The first-order chi connectivity index (χ1) is 10.7. The summed E-state index contributed by atoms with van der Waals surface area (Å²) in [6.07, 6.45) is 0. The van der Waals surface area contributed by atoms with Gasteiger partial charge >= 0.3 is 0 Å². The van der Waals surface area contributed by atoms with Gasteiger partial charge in [-0.3, -0.25) is 4.79 Å². The summed E-state index contributed by atoms with van der Waals surface area (Å²) in [5, 5.41) is 3.29. The van der Waals surface area contributed by atoms with Crippen LogP contribution < -0.4 is 10.1 Å². The fourth-order valence-electron chi connectivity index (χ4n) is 2.60. The summed E-state index contributed by atoms with van der Waals surface area (Å²) in [5.74, 6) is 1.61. The molecular weight excluding hydrogens is 312 g/mol. The van der Waals surface area contributed by atoms with Crippen LogP contribution in [0.2, 0.25) is 0 Å². The number of nitrogens with one attached hydrogen (secondary N) is 1. The van der Waals surface area contributed by atoms with Crippen molar-refractivity contribution >= 4 is 18.3 Å². The molecule has 0 radical (unpaired) electrons. The van der Waals surface area contributed by atoms with Crippen molar-refractivity contribution in [3.8, 4) is 11.5 Å². The Morgan fingerprint density at radius 2 is 1.74 bits per heavy atom. The summed E-state index contributed by atoms with van der Waals surface area (Å²) < 4.78 is 5.74. The van der Waals surface area contributed by atoms with Gasteiger partial charge in [0.05, 0.1) is 0 Å². The number of carbonyl (C=O) groups excluding carboxylic acids is 1. The van der Waals surface area contributed by atoms with Gasteiger partial charge in [-0.2, -0.15) is 0 Å². The van der Waals surface area contributed by atoms with Gasteiger partial charge in [0.15, 0.2) is 0 Å². The van der Waals surface area contributed by atoms with Crippen LogP contribution in [0, 0.1) is 0 Å². The lowest BCUT2D eigenvalue weighted by Crippen LogP contribution is -2.52. The zero-order chi connectivity index (χ0) is 15.4. The van der Waals surface area contributed by atoms with Crippen molar-refractivity contribution in [3.05, 3.63) is 60.2 Å². The molecule has 0 aliphatic carbocycles. The van der Waals surface area contributed by atoms with Crippen LogP contribution in [0.5, 0.6) is 11.5 Å². The highest BCUT2D eigenvalue weighted by molar-refractivity contribution is 5.94. The molecule has 0 aromatic heterocycles. The van der Waals surface area contributed by atoms with Crippen molar-refractivity contribution in [1.82, 2.24) is 10.2 Å². The Labute approximate surface area is 142 Å². The van der Waals surface area contributed by atoms with Crippen LogP contribution in [0.4, 0.5) is 0 Å². The Morgan fingerprint density at radius 1 is 1.09 bits per heavy atom. The van der Waals surface area contributed by atoms with E-state index in [9.17, 15) is 4.79 Å². The average Bonchev–Trinajstić information content (AvgIpc) is 2.56. The molecule has 2 aromatic rings. The fraction of sp³-hybridized carbons (Fsp3) is 0.278. The number of nitrogens with zero attached hydrogens (tertiary/aromatic N) is 1. The molecule has 1 heterocycles. The standard InChI is InChI=1S/C18H20N2O2.ClH/c1-14-13-19-11-12-20(14)18(21)15-7-9-17(10-8-15)22-16-5-3-2-4-6-16;/h2-10,14,19H,11-13H2,1H3;1H/t14-;/m0./s1. The van der Waals surface area contributed by atoms with Gasteiger partial charge in [-0.25, -0.2) is 0 Å². The lowest BCUT2D eigenvalue weighted by molar-refractivity contribution is 0.0656. The van der Waals surface area contributed by atoms with E-state index in [1.165, 1.54) is 0 Å². The zero-order valence-electron chi connectivity index (χ0n) is 13.1. The van der Waals surface area contributed by atoms with Gasteiger partial charge in [-0.15, -0.1) is 12.4 Å². The minimum atomic E-state index is 0. The van der Waals surface area contributed by atoms with E-state index in [4.69, 9.17) is 4.74 Å². The third-order valence-electron chi connectivity index (χ3n) is 3.84. The molecule has 5 heteroatoms. The third-order valence-corrected chi connectivity index (χ3v) is 3.84. The molecule has 1 fully saturated rings. The fourth-order valence-corrected chi connectivity index (χ4v) is 2.60. The molecule has 122 valence electrons. The molecule has 1 N–H and O–H groups in total. The summed E-state index contributed by atoms with van der Waals surface area (Å²) in [6.45, 7) is 4.52. The molecule has 0 bridgehead atoms. The Hall–Kier alpha value is -2.04. The van der Waals surface area contributed by atoms with E-state index in [0.29, 0.717) is 5.56 Å². The maximum Gasteiger partial charge on any atom is 0.254 e. The van der Waals surface area contributed by atoms with E-state index < -0.39 is 0 Å². The molecule has 1 saturated heterocycles. The number of piperazine rings is 1. The smallest absolute Gasteiger partial charge is 0.254 e. The van der Waals surface area contributed by atoms with Crippen molar-refractivity contribution in [1.29, 1.82) is 0 Å². The number of rotatable bonds is 3. The minimum Gasteiger partial charge on any atom is -0.457 e. The molecule has 4 nitrogen and oxygen atoms in total. The molecule has 1 aliphatic rings. The van der Waals surface area contributed by atoms with E-state index in [1.54, 1.807) is 0 Å². The number of benzene rings is 2. The molecule has 0 saturated carbocycles. The van der Waals surface area contributed by atoms with Crippen LogP contribution in [0.25, 0.3) is 0 Å². The number of hydrogen-bond acceptors (Lipinski definition) is 3. The van der Waals surface area contributed by atoms with Crippen molar-refractivity contribution in [2.75, 3.05) is 19.6 Å². The highest BCUT2D eigenvalue weighted by atomic mass is 35.5. The third kappa shape index (κ3) is 4.24. The van der Waals surface area contributed by atoms with Crippen molar-refractivity contribution in [2.24, 2.45) is 0 Å². The van der Waals surface area contributed by atoms with Gasteiger partial charge in [0.2, 0.25) is 0 Å². The van der Waals surface area contributed by atoms with E-state index in [-0.39, 0.29) is 24.4 Å². The molecular formula is C18H21ClN2O2. The van der Waals surface area contributed by atoms with Gasteiger partial charge in [0, 0.05) is 31.2 Å². The first-order valence-corrected chi connectivity index (χ1v) is 7.59. The van der Waals surface area contributed by atoms with E-state index in [0.717, 1.165) is 31.1 Å². The topological polar surface area (TPSA) is 41.6 Å². The number of carbonyl (C=O) groups is 1. The highest BCUT2D eigenvalue weighted by Gasteiger charge is 2.23. The quantitative estimate of drug-likeness (QED) is 0.937. The number of hydrogen-bond donors (Lipinski definition) is 1. The second kappa shape index (κ2) is 7.99. The molecule has 0 unspecified atom stereocenters. The van der Waals surface area contributed by atoms with Crippen LogP contribution in [-0.2, 0) is 0 Å². The lowest BCUT2D eigenvalue weighted by Gasteiger charge is -2.34. The van der Waals surface area contributed by atoms with Crippen molar-refractivity contribution in [3.63, 3.8) is 0 Å². The number of amides is 1. The number of para-hydroxylation sites is 1. The summed E-state index contributed by atoms with van der Waals surface area (Å²) in [4.78, 5) is 14.5. The van der Waals surface area contributed by atoms with Crippen molar-refractivity contribution < 1.29 is 9.53 Å². The number of ether oxygens (including phenoxy) is 1. The Kier molecular flexibility index (Phi) is 6.02. The van der Waals surface area contributed by atoms with Crippen LogP contribution in [0.3, 0.4) is 0 Å². The van der Waals surface area contributed by atoms with Crippen LogP contribution in [0.1, 0.15) is 17.3 Å². The average molecular weight is 333 g/mol. The Balaban J connectivity index is 0.00000192. The maximum absolute atomic E-state index is 12.5. The first kappa shape index (κ1) is 17.3. The Bertz CT molecular complexity index is 631. The molecule has 1 amide bonds. The van der Waals surface area contributed by atoms with Gasteiger partial charge in [0.25, 0.3) is 5.91 Å².